The van der Waals surface area contributed by atoms with Crippen molar-refractivity contribution in [1.29, 1.82) is 0 Å². The van der Waals surface area contributed by atoms with Gasteiger partial charge in [0.15, 0.2) is 0 Å². The summed E-state index contributed by atoms with van der Waals surface area (Å²) in [6.45, 7) is 0. The lowest BCUT2D eigenvalue weighted by atomic mass is 10.0. The summed E-state index contributed by atoms with van der Waals surface area (Å²) in [5, 5.41) is 7.15. The molecule has 0 atom stereocenters. The Morgan fingerprint density at radius 1 is 0.392 bits per heavy atom. The quantitative estimate of drug-likeness (QED) is 0.187. The molecular formula is C46H28N4S. The maximum atomic E-state index is 5.36. The minimum atomic E-state index is 0.682. The topological polar surface area (TPSA) is 35.6 Å². The molecule has 4 heterocycles. The SMILES string of the molecule is c1ccc(-c2nc(-n3c4ccccc4c4cc(-c5ccc6c(c5)c5ccccc5n6-c5ccccc5)ccc43)nc3sc4ccccc4c23)cc1. The molecule has 0 spiro atoms. The zero-order valence-corrected chi connectivity index (χ0v) is 28.2. The van der Waals surface area contributed by atoms with E-state index in [0.29, 0.717) is 5.95 Å². The molecule has 7 aromatic carbocycles. The minimum Gasteiger partial charge on any atom is -0.309 e. The number of thiophene rings is 1. The van der Waals surface area contributed by atoms with Gasteiger partial charge in [-0.2, -0.15) is 0 Å². The van der Waals surface area contributed by atoms with E-state index in [0.717, 1.165) is 38.2 Å². The molecule has 11 aromatic rings. The molecule has 4 aromatic heterocycles. The molecule has 0 amide bonds. The van der Waals surface area contributed by atoms with Crippen molar-refractivity contribution < 1.29 is 0 Å². The number of hydrogen-bond acceptors (Lipinski definition) is 3. The summed E-state index contributed by atoms with van der Waals surface area (Å²) in [6.07, 6.45) is 0. The first-order valence-corrected chi connectivity index (χ1v) is 18.0. The molecule has 0 radical (unpaired) electrons. The van der Waals surface area contributed by atoms with Crippen LogP contribution in [-0.2, 0) is 0 Å². The van der Waals surface area contributed by atoms with Crippen molar-refractivity contribution in [2.75, 3.05) is 0 Å². The second-order valence-electron chi connectivity index (χ2n) is 13.0. The Kier molecular flexibility index (Phi) is 6.09. The molecule has 238 valence electrons. The summed E-state index contributed by atoms with van der Waals surface area (Å²) in [6, 6.07) is 60.7. The predicted molar refractivity (Wildman–Crippen MR) is 214 cm³/mol. The van der Waals surface area contributed by atoms with E-state index in [-0.39, 0.29) is 0 Å². The Morgan fingerprint density at radius 2 is 0.922 bits per heavy atom. The second kappa shape index (κ2) is 11.0. The number of benzene rings is 7. The first-order chi connectivity index (χ1) is 25.3. The molecule has 0 N–H and O–H groups in total. The highest BCUT2D eigenvalue weighted by Gasteiger charge is 2.20. The van der Waals surface area contributed by atoms with Crippen LogP contribution < -0.4 is 0 Å². The molecule has 0 saturated carbocycles. The molecule has 51 heavy (non-hydrogen) atoms. The van der Waals surface area contributed by atoms with Crippen LogP contribution >= 0.6 is 11.3 Å². The van der Waals surface area contributed by atoms with Crippen LogP contribution in [0.5, 0.6) is 0 Å². The van der Waals surface area contributed by atoms with Crippen molar-refractivity contribution in [1.82, 2.24) is 19.1 Å². The lowest BCUT2D eigenvalue weighted by Crippen LogP contribution is -2.02. The van der Waals surface area contributed by atoms with Gasteiger partial charge in [-0.25, -0.2) is 9.97 Å². The molecular weight excluding hydrogens is 641 g/mol. The number of nitrogens with zero attached hydrogens (tertiary/aromatic N) is 4. The van der Waals surface area contributed by atoms with Gasteiger partial charge in [-0.3, -0.25) is 4.57 Å². The summed E-state index contributed by atoms with van der Waals surface area (Å²) < 4.78 is 5.82. The van der Waals surface area contributed by atoms with Crippen LogP contribution in [0.15, 0.2) is 170 Å². The van der Waals surface area contributed by atoms with Crippen LogP contribution in [-0.4, -0.2) is 19.1 Å². The van der Waals surface area contributed by atoms with Gasteiger partial charge in [0.1, 0.15) is 4.83 Å². The van der Waals surface area contributed by atoms with Crippen molar-refractivity contribution >= 4 is 75.3 Å². The Bertz CT molecular complexity index is 3130. The standard InChI is InChI=1S/C46H28N4S/c1-3-13-29(14-4-1)44-43-35-19-9-12-22-42(35)51-45(43)48-46(47-44)50-39-21-11-8-18-34(39)37-28-31(24-26-41(37)50)30-23-25-40-36(27-30)33-17-7-10-20-38(33)49(40)32-15-5-2-6-16-32/h1-28H. The monoisotopic (exact) mass is 668 g/mol. The van der Waals surface area contributed by atoms with Crippen molar-refractivity contribution in [2.24, 2.45) is 0 Å². The molecule has 0 aliphatic heterocycles. The van der Waals surface area contributed by atoms with E-state index < -0.39 is 0 Å². The van der Waals surface area contributed by atoms with Gasteiger partial charge in [0.2, 0.25) is 5.95 Å². The average molecular weight is 669 g/mol. The van der Waals surface area contributed by atoms with Gasteiger partial charge in [0, 0.05) is 48.3 Å². The molecule has 11 rings (SSSR count). The van der Waals surface area contributed by atoms with Crippen molar-refractivity contribution in [3.8, 4) is 34.0 Å². The first-order valence-electron chi connectivity index (χ1n) is 17.2. The average Bonchev–Trinajstić information content (AvgIpc) is 3.85. The van der Waals surface area contributed by atoms with Crippen LogP contribution in [0, 0.1) is 0 Å². The minimum absolute atomic E-state index is 0.682. The lowest BCUT2D eigenvalue weighted by molar-refractivity contribution is 1.02. The summed E-state index contributed by atoms with van der Waals surface area (Å²) in [7, 11) is 0. The van der Waals surface area contributed by atoms with Crippen LogP contribution in [0.25, 0.3) is 97.9 Å². The predicted octanol–water partition coefficient (Wildman–Crippen LogP) is 12.4. The maximum Gasteiger partial charge on any atom is 0.236 e. The molecule has 0 unspecified atom stereocenters. The van der Waals surface area contributed by atoms with Crippen LogP contribution in [0.3, 0.4) is 0 Å². The number of hydrogen-bond donors (Lipinski definition) is 0. The highest BCUT2D eigenvalue weighted by atomic mass is 32.1. The highest BCUT2D eigenvalue weighted by molar-refractivity contribution is 7.25. The maximum absolute atomic E-state index is 5.36. The summed E-state index contributed by atoms with van der Waals surface area (Å²) in [4.78, 5) is 11.6. The largest absolute Gasteiger partial charge is 0.309 e. The molecule has 0 aliphatic rings. The van der Waals surface area contributed by atoms with Crippen LogP contribution in [0.1, 0.15) is 0 Å². The number of fused-ring (bicyclic) bond motifs is 9. The molecule has 0 fully saturated rings. The smallest absolute Gasteiger partial charge is 0.236 e. The van der Waals surface area contributed by atoms with E-state index in [1.165, 1.54) is 53.8 Å². The van der Waals surface area contributed by atoms with Gasteiger partial charge in [-0.05, 0) is 65.7 Å². The van der Waals surface area contributed by atoms with E-state index >= 15 is 0 Å². The Hall–Kier alpha value is -6.56. The van der Waals surface area contributed by atoms with Crippen molar-refractivity contribution in [3.63, 3.8) is 0 Å². The van der Waals surface area contributed by atoms with Crippen molar-refractivity contribution in [2.45, 2.75) is 0 Å². The molecule has 0 bridgehead atoms. The van der Waals surface area contributed by atoms with E-state index in [1.807, 2.05) is 0 Å². The highest BCUT2D eigenvalue weighted by Crippen LogP contribution is 2.41. The first kappa shape index (κ1) is 28.3. The zero-order chi connectivity index (χ0) is 33.5. The molecule has 0 aliphatic carbocycles. The normalized spacial score (nSPS) is 11.9. The number of para-hydroxylation sites is 3. The van der Waals surface area contributed by atoms with E-state index in [2.05, 4.69) is 179 Å². The van der Waals surface area contributed by atoms with E-state index in [4.69, 9.17) is 9.97 Å². The third kappa shape index (κ3) is 4.25. The number of rotatable bonds is 4. The molecule has 4 nitrogen and oxygen atoms in total. The zero-order valence-electron chi connectivity index (χ0n) is 27.4. The van der Waals surface area contributed by atoms with Crippen molar-refractivity contribution in [3.05, 3.63) is 170 Å². The van der Waals surface area contributed by atoms with Gasteiger partial charge in [0.05, 0.1) is 27.8 Å². The van der Waals surface area contributed by atoms with Gasteiger partial charge in [-0.15, -0.1) is 11.3 Å². The fraction of sp³-hybridized carbons (Fsp3) is 0. The summed E-state index contributed by atoms with van der Waals surface area (Å²) in [5.74, 6) is 0.682. The molecule has 0 saturated heterocycles. The van der Waals surface area contributed by atoms with Crippen LogP contribution in [0.2, 0.25) is 0 Å². The third-order valence-electron chi connectivity index (χ3n) is 10.2. The van der Waals surface area contributed by atoms with Gasteiger partial charge in [0.25, 0.3) is 0 Å². The summed E-state index contributed by atoms with van der Waals surface area (Å²) in [5.41, 5.74) is 10.2. The lowest BCUT2D eigenvalue weighted by Gasteiger charge is -2.10. The van der Waals surface area contributed by atoms with Gasteiger partial charge >= 0.3 is 0 Å². The molecule has 5 heteroatoms. The Morgan fingerprint density at radius 3 is 1.61 bits per heavy atom. The van der Waals surface area contributed by atoms with Gasteiger partial charge < -0.3 is 4.57 Å². The third-order valence-corrected chi connectivity index (χ3v) is 11.2. The van der Waals surface area contributed by atoms with Gasteiger partial charge in [-0.1, -0.05) is 115 Å². The second-order valence-corrected chi connectivity index (χ2v) is 14.1. The fourth-order valence-corrected chi connectivity index (χ4v) is 8.96. The van der Waals surface area contributed by atoms with Crippen LogP contribution in [0.4, 0.5) is 0 Å². The Labute approximate surface area is 297 Å². The Balaban J connectivity index is 1.13. The van der Waals surface area contributed by atoms with E-state index in [9.17, 15) is 0 Å². The summed E-state index contributed by atoms with van der Waals surface area (Å²) >= 11 is 1.73. The fourth-order valence-electron chi connectivity index (χ4n) is 7.89. The van der Waals surface area contributed by atoms with E-state index in [1.54, 1.807) is 11.3 Å². The number of aromatic nitrogens is 4.